The van der Waals surface area contributed by atoms with Crippen molar-refractivity contribution in [3.05, 3.63) is 42.0 Å². The highest BCUT2D eigenvalue weighted by Crippen LogP contribution is 2.12. The van der Waals surface area contributed by atoms with E-state index in [1.165, 1.54) is 0 Å². The minimum atomic E-state index is -0.215. The van der Waals surface area contributed by atoms with Gasteiger partial charge in [0.25, 0.3) is 5.91 Å². The van der Waals surface area contributed by atoms with Crippen LogP contribution in [0.3, 0.4) is 0 Å². The number of hydrogen-bond donors (Lipinski definition) is 2. The summed E-state index contributed by atoms with van der Waals surface area (Å²) in [5, 5.41) is 14.0. The smallest absolute Gasteiger partial charge is 0.273 e. The molecule has 1 aliphatic rings. The average molecular weight is 272 g/mol. The Morgan fingerprint density at radius 2 is 2.20 bits per heavy atom. The molecule has 2 aromatic rings. The molecule has 0 unspecified atom stereocenters. The van der Waals surface area contributed by atoms with Crippen LogP contribution in [0.2, 0.25) is 0 Å². The molecule has 7 heteroatoms. The van der Waals surface area contributed by atoms with Gasteiger partial charge >= 0.3 is 0 Å². The van der Waals surface area contributed by atoms with Crippen LogP contribution in [0.15, 0.2) is 30.7 Å². The topological polar surface area (TPSA) is 84.7 Å². The third-order valence-electron chi connectivity index (χ3n) is 3.43. The number of carbonyl (C=O) groups excluding carboxylic acids is 1. The van der Waals surface area contributed by atoms with Crippen LogP contribution in [-0.2, 0) is 0 Å². The van der Waals surface area contributed by atoms with Gasteiger partial charge in [0.15, 0.2) is 5.69 Å². The minimum absolute atomic E-state index is 0.0963. The van der Waals surface area contributed by atoms with E-state index in [1.54, 1.807) is 23.3 Å². The summed E-state index contributed by atoms with van der Waals surface area (Å²) >= 11 is 0. The molecule has 7 nitrogen and oxygen atoms in total. The van der Waals surface area contributed by atoms with Crippen molar-refractivity contribution in [2.75, 3.05) is 13.1 Å². The molecule has 0 bridgehead atoms. The van der Waals surface area contributed by atoms with Gasteiger partial charge < -0.3 is 10.6 Å². The summed E-state index contributed by atoms with van der Waals surface area (Å²) in [5.74, 6) is -0.215. The third kappa shape index (κ3) is 2.53. The van der Waals surface area contributed by atoms with Gasteiger partial charge in [-0.25, -0.2) is 4.68 Å². The lowest BCUT2D eigenvalue weighted by molar-refractivity contribution is 0.0934. The van der Waals surface area contributed by atoms with Crippen molar-refractivity contribution in [2.45, 2.75) is 19.0 Å². The Kier molecular flexibility index (Phi) is 3.42. The lowest BCUT2D eigenvalue weighted by atomic mass is 10.1. The van der Waals surface area contributed by atoms with Gasteiger partial charge in [0.2, 0.25) is 0 Å². The van der Waals surface area contributed by atoms with Gasteiger partial charge in [-0.3, -0.25) is 9.78 Å². The fourth-order valence-corrected chi connectivity index (χ4v) is 2.03. The van der Waals surface area contributed by atoms with E-state index in [0.717, 1.165) is 18.7 Å². The van der Waals surface area contributed by atoms with Crippen LogP contribution in [0.4, 0.5) is 0 Å². The van der Waals surface area contributed by atoms with E-state index in [9.17, 15) is 4.79 Å². The standard InChI is InChI=1S/C13H16N6O/c1-9(10-2-4-14-5-3-10)16-13(20)12-8-19(18-17-12)11-6-15-7-11/h2-5,8-9,11,15H,6-7H2,1H3,(H,16,20)/t9-/m0/s1. The molecule has 2 aromatic heterocycles. The molecule has 1 saturated heterocycles. The lowest BCUT2D eigenvalue weighted by Gasteiger charge is -2.26. The normalized spacial score (nSPS) is 16.4. The van der Waals surface area contributed by atoms with Crippen LogP contribution >= 0.6 is 0 Å². The number of hydrogen-bond acceptors (Lipinski definition) is 5. The highest BCUT2D eigenvalue weighted by Gasteiger charge is 2.22. The van der Waals surface area contributed by atoms with Gasteiger partial charge in [0.1, 0.15) is 0 Å². The van der Waals surface area contributed by atoms with Gasteiger partial charge in [-0.15, -0.1) is 5.10 Å². The summed E-state index contributed by atoms with van der Waals surface area (Å²) in [6.07, 6.45) is 5.11. The summed E-state index contributed by atoms with van der Waals surface area (Å²) in [4.78, 5) is 16.1. The summed E-state index contributed by atoms with van der Waals surface area (Å²) in [5.41, 5.74) is 1.35. The molecule has 0 aliphatic carbocycles. The second-order valence-corrected chi connectivity index (χ2v) is 4.87. The number of amides is 1. The second kappa shape index (κ2) is 5.38. The summed E-state index contributed by atoms with van der Waals surface area (Å²) in [6, 6.07) is 3.96. The first-order chi connectivity index (χ1) is 9.74. The minimum Gasteiger partial charge on any atom is -0.344 e. The zero-order valence-electron chi connectivity index (χ0n) is 11.2. The number of pyridine rings is 1. The molecule has 0 radical (unpaired) electrons. The van der Waals surface area contributed by atoms with Gasteiger partial charge in [0.05, 0.1) is 18.3 Å². The molecule has 2 N–H and O–H groups in total. The molecular formula is C13H16N6O. The maximum Gasteiger partial charge on any atom is 0.273 e. The second-order valence-electron chi connectivity index (χ2n) is 4.87. The van der Waals surface area contributed by atoms with Crippen molar-refractivity contribution in [1.82, 2.24) is 30.6 Å². The van der Waals surface area contributed by atoms with Crippen molar-refractivity contribution < 1.29 is 4.79 Å². The van der Waals surface area contributed by atoms with Crippen molar-refractivity contribution >= 4 is 5.91 Å². The molecule has 3 heterocycles. The Bertz CT molecular complexity index is 592. The zero-order chi connectivity index (χ0) is 13.9. The Morgan fingerprint density at radius 1 is 1.45 bits per heavy atom. The molecule has 0 saturated carbocycles. The van der Waals surface area contributed by atoms with Gasteiger partial charge in [-0.1, -0.05) is 5.21 Å². The van der Waals surface area contributed by atoms with E-state index >= 15 is 0 Å². The van der Waals surface area contributed by atoms with E-state index in [-0.39, 0.29) is 11.9 Å². The van der Waals surface area contributed by atoms with Crippen LogP contribution in [-0.4, -0.2) is 39.0 Å². The highest BCUT2D eigenvalue weighted by molar-refractivity contribution is 5.92. The lowest BCUT2D eigenvalue weighted by Crippen LogP contribution is -2.43. The fraction of sp³-hybridized carbons (Fsp3) is 0.385. The summed E-state index contributed by atoms with van der Waals surface area (Å²) < 4.78 is 1.74. The number of rotatable bonds is 4. The van der Waals surface area contributed by atoms with E-state index in [4.69, 9.17) is 0 Å². The molecule has 0 spiro atoms. The predicted octanol–water partition coefficient (Wildman–Crippen LogP) is 0.308. The number of aromatic nitrogens is 4. The molecule has 104 valence electrons. The molecule has 1 fully saturated rings. The highest BCUT2D eigenvalue weighted by atomic mass is 16.2. The van der Waals surface area contributed by atoms with Crippen molar-refractivity contribution in [1.29, 1.82) is 0 Å². The summed E-state index contributed by atoms with van der Waals surface area (Å²) in [7, 11) is 0. The maximum absolute atomic E-state index is 12.1. The molecule has 3 rings (SSSR count). The van der Waals surface area contributed by atoms with E-state index in [0.29, 0.717) is 11.7 Å². The molecule has 1 aliphatic heterocycles. The van der Waals surface area contributed by atoms with E-state index < -0.39 is 0 Å². The fourth-order valence-electron chi connectivity index (χ4n) is 2.03. The Hall–Kier alpha value is -2.28. The van der Waals surface area contributed by atoms with Crippen LogP contribution in [0, 0.1) is 0 Å². The van der Waals surface area contributed by atoms with Crippen LogP contribution in [0.5, 0.6) is 0 Å². The average Bonchev–Trinajstić information content (AvgIpc) is 2.87. The van der Waals surface area contributed by atoms with Crippen LogP contribution in [0.1, 0.15) is 35.1 Å². The van der Waals surface area contributed by atoms with Crippen LogP contribution in [0.25, 0.3) is 0 Å². The predicted molar refractivity (Wildman–Crippen MR) is 72.0 cm³/mol. The van der Waals surface area contributed by atoms with Gasteiger partial charge in [-0.05, 0) is 24.6 Å². The SMILES string of the molecule is C[C@H](NC(=O)c1cn(C2CNC2)nn1)c1ccncc1. The number of nitrogens with one attached hydrogen (secondary N) is 2. The van der Waals surface area contributed by atoms with E-state index in [1.807, 2.05) is 19.1 Å². The van der Waals surface area contributed by atoms with Crippen LogP contribution < -0.4 is 10.6 Å². The first kappa shape index (κ1) is 12.7. The third-order valence-corrected chi connectivity index (χ3v) is 3.43. The van der Waals surface area contributed by atoms with Crippen molar-refractivity contribution in [3.8, 4) is 0 Å². The van der Waals surface area contributed by atoms with Gasteiger partial charge in [0, 0.05) is 25.5 Å². The van der Waals surface area contributed by atoms with Crippen molar-refractivity contribution in [2.24, 2.45) is 0 Å². The monoisotopic (exact) mass is 272 g/mol. The quantitative estimate of drug-likeness (QED) is 0.836. The maximum atomic E-state index is 12.1. The molecule has 1 amide bonds. The number of nitrogens with zero attached hydrogens (tertiary/aromatic N) is 4. The summed E-state index contributed by atoms with van der Waals surface area (Å²) in [6.45, 7) is 3.67. The number of carbonyl (C=O) groups is 1. The first-order valence-electron chi connectivity index (χ1n) is 6.57. The Balaban J connectivity index is 1.65. The van der Waals surface area contributed by atoms with Crippen molar-refractivity contribution in [3.63, 3.8) is 0 Å². The van der Waals surface area contributed by atoms with Gasteiger partial charge in [-0.2, -0.15) is 0 Å². The molecule has 20 heavy (non-hydrogen) atoms. The molecular weight excluding hydrogens is 256 g/mol. The largest absolute Gasteiger partial charge is 0.344 e. The molecule has 0 aromatic carbocycles. The zero-order valence-corrected chi connectivity index (χ0v) is 11.2. The van der Waals surface area contributed by atoms with E-state index in [2.05, 4.69) is 25.9 Å². The Morgan fingerprint density at radius 3 is 2.85 bits per heavy atom. The first-order valence-corrected chi connectivity index (χ1v) is 6.57. The Labute approximate surface area is 116 Å². The molecule has 1 atom stereocenters.